The average molecular weight is 444 g/mol. The van der Waals surface area contributed by atoms with Crippen LogP contribution in [0.2, 0.25) is 0 Å². The Morgan fingerprint density at radius 3 is 2.44 bits per heavy atom. The molecule has 0 saturated heterocycles. The smallest absolute Gasteiger partial charge is 0.307 e. The fourth-order valence-corrected chi connectivity index (χ4v) is 3.17. The Hall–Kier alpha value is -3.62. The van der Waals surface area contributed by atoms with Crippen LogP contribution in [-0.4, -0.2) is 37.5 Å². The van der Waals surface area contributed by atoms with Crippen LogP contribution in [0.5, 0.6) is 5.75 Å². The Bertz CT molecular complexity index is 961. The van der Waals surface area contributed by atoms with Crippen molar-refractivity contribution in [3.05, 3.63) is 58.8 Å². The summed E-state index contributed by atoms with van der Waals surface area (Å²) in [7, 11) is 1.51. The van der Waals surface area contributed by atoms with E-state index in [1.165, 1.54) is 19.2 Å². The maximum absolute atomic E-state index is 13.7. The van der Waals surface area contributed by atoms with E-state index < -0.39 is 23.8 Å². The Kier molecular flexibility index (Phi) is 9.46. The maximum Gasteiger partial charge on any atom is 0.307 e. The summed E-state index contributed by atoms with van der Waals surface area (Å²) in [5.74, 6) is -1.70. The first-order valence-electron chi connectivity index (χ1n) is 10.1. The summed E-state index contributed by atoms with van der Waals surface area (Å²) >= 11 is 0. The predicted molar refractivity (Wildman–Crippen MR) is 115 cm³/mol. The Labute approximate surface area is 185 Å². The third-order valence-corrected chi connectivity index (χ3v) is 4.66. The van der Waals surface area contributed by atoms with Crippen molar-refractivity contribution in [1.29, 1.82) is 0 Å². The number of nitrogens with one attached hydrogen (secondary N) is 1. The van der Waals surface area contributed by atoms with Crippen molar-refractivity contribution >= 4 is 17.8 Å². The maximum atomic E-state index is 13.7. The van der Waals surface area contributed by atoms with Gasteiger partial charge in [0.2, 0.25) is 5.91 Å². The molecule has 0 bridgehead atoms. The van der Waals surface area contributed by atoms with Crippen molar-refractivity contribution in [3.8, 4) is 16.9 Å². The molecular formula is C23H25FN2O6. The number of esters is 1. The second kappa shape index (κ2) is 12.3. The van der Waals surface area contributed by atoms with E-state index >= 15 is 0 Å². The van der Waals surface area contributed by atoms with Crippen LogP contribution < -0.4 is 10.1 Å². The molecule has 0 spiro atoms. The molecule has 2 aromatic carbocycles. The number of nitroso groups, excluding NO2 is 1. The molecule has 170 valence electrons. The van der Waals surface area contributed by atoms with E-state index in [9.17, 15) is 23.7 Å². The highest BCUT2D eigenvalue weighted by Crippen LogP contribution is 2.30. The van der Waals surface area contributed by atoms with E-state index in [1.807, 2.05) is 12.1 Å². The molecule has 1 N–H and O–H groups in total. The van der Waals surface area contributed by atoms with Crippen molar-refractivity contribution in [1.82, 2.24) is 5.32 Å². The van der Waals surface area contributed by atoms with Gasteiger partial charge in [-0.2, -0.15) is 0 Å². The summed E-state index contributed by atoms with van der Waals surface area (Å²) in [5, 5.41) is 4.96. The minimum absolute atomic E-state index is 0.0566. The molecule has 2 amide bonds. The molecule has 1 atom stereocenters. The second-order valence-corrected chi connectivity index (χ2v) is 7.00. The second-order valence-electron chi connectivity index (χ2n) is 7.00. The predicted octanol–water partition coefficient (Wildman–Crippen LogP) is 3.56. The number of rotatable bonds is 11. The molecule has 0 aliphatic heterocycles. The van der Waals surface area contributed by atoms with E-state index in [-0.39, 0.29) is 31.7 Å². The number of hydrogen-bond acceptors (Lipinski definition) is 6. The number of benzene rings is 2. The van der Waals surface area contributed by atoms with Crippen LogP contribution in [-0.2, 0) is 25.5 Å². The lowest BCUT2D eigenvalue weighted by Gasteiger charge is -2.18. The van der Waals surface area contributed by atoms with Gasteiger partial charge in [-0.05, 0) is 42.7 Å². The van der Waals surface area contributed by atoms with Crippen molar-refractivity contribution < 1.29 is 28.2 Å². The molecule has 2 rings (SSSR count). The van der Waals surface area contributed by atoms with Gasteiger partial charge in [0.15, 0.2) is 0 Å². The number of carbonyl (C=O) groups excluding carboxylic acids is 3. The van der Waals surface area contributed by atoms with E-state index in [4.69, 9.17) is 9.47 Å². The number of nitrogens with zero attached hydrogens (tertiary/aromatic N) is 1. The molecule has 0 aliphatic carbocycles. The van der Waals surface area contributed by atoms with Crippen LogP contribution in [0.4, 0.5) is 4.39 Å². The van der Waals surface area contributed by atoms with E-state index in [0.717, 1.165) is 11.1 Å². The first kappa shape index (κ1) is 24.6. The van der Waals surface area contributed by atoms with E-state index in [2.05, 4.69) is 10.5 Å². The summed E-state index contributed by atoms with van der Waals surface area (Å²) in [5.41, 5.74) is 2.17. The first-order valence-corrected chi connectivity index (χ1v) is 10.1. The molecule has 9 heteroatoms. The molecule has 8 nitrogen and oxygen atoms in total. The number of halogens is 1. The fraction of sp³-hybridized carbons (Fsp3) is 0.348. The molecule has 0 fully saturated rings. The van der Waals surface area contributed by atoms with Crippen LogP contribution in [0.3, 0.4) is 0 Å². The third-order valence-electron chi connectivity index (χ3n) is 4.66. The Morgan fingerprint density at radius 2 is 1.81 bits per heavy atom. The van der Waals surface area contributed by atoms with Gasteiger partial charge in [-0.15, -0.1) is 4.91 Å². The highest BCUT2D eigenvalue weighted by atomic mass is 19.1. The quantitative estimate of drug-likeness (QED) is 0.419. The Morgan fingerprint density at radius 1 is 1.09 bits per heavy atom. The average Bonchev–Trinajstić information content (AvgIpc) is 2.78. The van der Waals surface area contributed by atoms with Crippen molar-refractivity contribution in [2.24, 2.45) is 5.18 Å². The zero-order valence-corrected chi connectivity index (χ0v) is 17.9. The Balaban J connectivity index is 2.13. The van der Waals surface area contributed by atoms with E-state index in [0.29, 0.717) is 17.7 Å². The van der Waals surface area contributed by atoms with Crippen LogP contribution in [0, 0.1) is 10.7 Å². The number of methoxy groups -OCH3 is 1. The van der Waals surface area contributed by atoms with Crippen LogP contribution in [0.15, 0.2) is 47.6 Å². The molecule has 0 aliphatic rings. The van der Waals surface area contributed by atoms with E-state index in [1.54, 1.807) is 25.1 Å². The lowest BCUT2D eigenvalue weighted by Crippen LogP contribution is -2.38. The van der Waals surface area contributed by atoms with Gasteiger partial charge in [0.1, 0.15) is 11.6 Å². The zero-order valence-electron chi connectivity index (χ0n) is 17.9. The van der Waals surface area contributed by atoms with Gasteiger partial charge in [-0.25, -0.2) is 4.39 Å². The van der Waals surface area contributed by atoms with Crippen LogP contribution in [0.25, 0.3) is 11.1 Å². The third kappa shape index (κ3) is 7.57. The van der Waals surface area contributed by atoms with Gasteiger partial charge in [-0.1, -0.05) is 24.3 Å². The van der Waals surface area contributed by atoms with Crippen LogP contribution in [0.1, 0.15) is 31.7 Å². The highest BCUT2D eigenvalue weighted by molar-refractivity contribution is 5.84. The molecule has 0 heterocycles. The summed E-state index contributed by atoms with van der Waals surface area (Å²) < 4.78 is 23.9. The molecule has 32 heavy (non-hydrogen) atoms. The standard InChI is InChI=1S/C23H25FN2O6/c1-3-32-23(29)14-18(25-21(27)10-11-22(28)26-30)12-15-4-6-16(7-5-15)19-13-17(24)8-9-20(19)31-2/h4-9,13,18H,3,10-12,14H2,1-2H3,(H,25,27)/t18-/m1/s1. The van der Waals surface area contributed by atoms with Gasteiger partial charge in [0, 0.05) is 29.6 Å². The molecule has 0 unspecified atom stereocenters. The SMILES string of the molecule is CCOC(=O)C[C@@H](Cc1ccc(-c2cc(F)ccc2OC)cc1)NC(=O)CCC(=O)N=O. The van der Waals surface area contributed by atoms with Gasteiger partial charge >= 0.3 is 5.97 Å². The van der Waals surface area contributed by atoms with Gasteiger partial charge < -0.3 is 14.8 Å². The largest absolute Gasteiger partial charge is 0.496 e. The molecule has 0 aromatic heterocycles. The van der Waals surface area contributed by atoms with Crippen molar-refractivity contribution in [3.63, 3.8) is 0 Å². The number of amides is 2. The van der Waals surface area contributed by atoms with Gasteiger partial charge in [0.05, 0.1) is 20.1 Å². The first-order chi connectivity index (χ1) is 15.4. The van der Waals surface area contributed by atoms with Crippen molar-refractivity contribution in [2.45, 2.75) is 38.6 Å². The summed E-state index contributed by atoms with van der Waals surface area (Å²) in [6, 6.07) is 10.9. The summed E-state index contributed by atoms with van der Waals surface area (Å²) in [6.45, 7) is 1.89. The number of ether oxygens (including phenoxy) is 2. The van der Waals surface area contributed by atoms with Gasteiger partial charge in [0.25, 0.3) is 5.91 Å². The normalized spacial score (nSPS) is 11.3. The zero-order chi connectivity index (χ0) is 23.5. The fourth-order valence-electron chi connectivity index (χ4n) is 3.17. The monoisotopic (exact) mass is 444 g/mol. The topological polar surface area (TPSA) is 111 Å². The minimum atomic E-state index is -0.912. The molecule has 2 aromatic rings. The molecule has 0 saturated carbocycles. The highest BCUT2D eigenvalue weighted by Gasteiger charge is 2.19. The van der Waals surface area contributed by atoms with Crippen molar-refractivity contribution in [2.75, 3.05) is 13.7 Å². The lowest BCUT2D eigenvalue weighted by molar-refractivity contribution is -0.143. The number of carbonyl (C=O) groups is 3. The number of hydrogen-bond donors (Lipinski definition) is 1. The van der Waals surface area contributed by atoms with Crippen LogP contribution >= 0.6 is 0 Å². The summed E-state index contributed by atoms with van der Waals surface area (Å²) in [6.07, 6.45) is -0.238. The molecular weight excluding hydrogens is 419 g/mol. The lowest BCUT2D eigenvalue weighted by atomic mass is 9.98. The van der Waals surface area contributed by atoms with Gasteiger partial charge in [-0.3, -0.25) is 14.4 Å². The molecule has 0 radical (unpaired) electrons. The minimum Gasteiger partial charge on any atom is -0.496 e. The summed E-state index contributed by atoms with van der Waals surface area (Å²) in [4.78, 5) is 45.3.